The van der Waals surface area contributed by atoms with Crippen molar-refractivity contribution < 1.29 is 46.6 Å². The summed E-state index contributed by atoms with van der Waals surface area (Å²) in [4.78, 5) is 48.5. The summed E-state index contributed by atoms with van der Waals surface area (Å²) >= 11 is 5.82. The van der Waals surface area contributed by atoms with Crippen molar-refractivity contribution in [3.63, 3.8) is 0 Å². The molecule has 0 aromatic heterocycles. The highest BCUT2D eigenvalue weighted by molar-refractivity contribution is 6.31. The molecule has 2 atom stereocenters. The highest BCUT2D eigenvalue weighted by Gasteiger charge is 2.44. The summed E-state index contributed by atoms with van der Waals surface area (Å²) in [7, 11) is 1.69. The maximum atomic E-state index is 15.0. The molecule has 0 saturated carbocycles. The van der Waals surface area contributed by atoms with Crippen LogP contribution in [0.1, 0.15) is 63.5 Å². The molecule has 258 valence electrons. The zero-order chi connectivity index (χ0) is 35.0. The number of rotatable bonds is 8. The number of carbonyl (C=O) groups excluding carboxylic acids is 2. The van der Waals surface area contributed by atoms with E-state index < -0.39 is 64.3 Å². The van der Waals surface area contributed by atoms with E-state index in [2.05, 4.69) is 10.1 Å². The van der Waals surface area contributed by atoms with Gasteiger partial charge in [-0.3, -0.25) is 9.59 Å². The Morgan fingerprint density at radius 1 is 1.04 bits per heavy atom. The van der Waals surface area contributed by atoms with Gasteiger partial charge in [-0.15, -0.1) is 0 Å². The van der Waals surface area contributed by atoms with Gasteiger partial charge in [0, 0.05) is 50.8 Å². The molecule has 3 aliphatic rings. The number of carbonyl (C=O) groups is 3. The molecule has 14 heteroatoms. The van der Waals surface area contributed by atoms with Crippen LogP contribution in [0.25, 0.3) is 0 Å². The van der Waals surface area contributed by atoms with E-state index in [9.17, 15) is 32.7 Å². The molecule has 2 unspecified atom stereocenters. The minimum atomic E-state index is -4.93. The van der Waals surface area contributed by atoms with E-state index in [1.807, 2.05) is 12.1 Å². The molecule has 3 aromatic rings. The molecular formula is C35H32ClF4N3O6. The molecular weight excluding hydrogens is 670 g/mol. The fourth-order valence-corrected chi connectivity index (χ4v) is 7.00. The van der Waals surface area contributed by atoms with Gasteiger partial charge < -0.3 is 24.5 Å². The van der Waals surface area contributed by atoms with Gasteiger partial charge in [0.25, 0.3) is 5.91 Å². The molecule has 3 heterocycles. The van der Waals surface area contributed by atoms with Gasteiger partial charge in [-0.2, -0.15) is 13.2 Å². The Morgan fingerprint density at radius 3 is 2.41 bits per heavy atom. The molecule has 9 nitrogen and oxygen atoms in total. The van der Waals surface area contributed by atoms with Crippen molar-refractivity contribution in [1.82, 2.24) is 4.90 Å². The van der Waals surface area contributed by atoms with Gasteiger partial charge in [0.05, 0.1) is 28.0 Å². The number of fused-ring (bicyclic) bond motifs is 1. The number of oxime groups is 1. The van der Waals surface area contributed by atoms with Crippen molar-refractivity contribution in [2.45, 2.75) is 56.5 Å². The predicted octanol–water partition coefficient (Wildman–Crippen LogP) is 6.24. The third-order valence-corrected chi connectivity index (χ3v) is 9.60. The molecule has 49 heavy (non-hydrogen) atoms. The lowest BCUT2D eigenvalue weighted by atomic mass is 9.86. The van der Waals surface area contributed by atoms with Crippen LogP contribution in [0.5, 0.6) is 0 Å². The van der Waals surface area contributed by atoms with Gasteiger partial charge in [-0.25, -0.2) is 9.18 Å². The maximum absolute atomic E-state index is 15.0. The van der Waals surface area contributed by atoms with Crippen molar-refractivity contribution in [1.29, 1.82) is 0 Å². The number of nitrogens with zero attached hydrogens (tertiary/aromatic N) is 3. The molecule has 0 radical (unpaired) electrons. The summed E-state index contributed by atoms with van der Waals surface area (Å²) < 4.78 is 62.0. The predicted molar refractivity (Wildman–Crippen MR) is 171 cm³/mol. The van der Waals surface area contributed by atoms with Gasteiger partial charge in [0.15, 0.2) is 11.6 Å². The van der Waals surface area contributed by atoms with Crippen molar-refractivity contribution in [3.05, 3.63) is 98.8 Å². The van der Waals surface area contributed by atoms with Crippen LogP contribution < -0.4 is 4.90 Å². The third kappa shape index (κ3) is 6.86. The number of anilines is 1. The average molecular weight is 702 g/mol. The molecule has 1 saturated heterocycles. The second kappa shape index (κ2) is 13.8. The van der Waals surface area contributed by atoms with Gasteiger partial charge in [0.2, 0.25) is 6.10 Å². The Labute approximate surface area is 284 Å². The van der Waals surface area contributed by atoms with Crippen LogP contribution in [0, 0.1) is 5.82 Å². The number of amides is 1. The quantitative estimate of drug-likeness (QED) is 0.277. The van der Waals surface area contributed by atoms with Crippen molar-refractivity contribution in [2.75, 3.05) is 31.6 Å². The number of carboxylic acid groups (broad SMARTS) is 1. The Balaban J connectivity index is 1.31. The van der Waals surface area contributed by atoms with Crippen LogP contribution in [0.2, 0.25) is 5.02 Å². The SMILES string of the molecule is COC1CCN(c2cccc3c2CCN(C(=O)C2CC(c4c(C(F)(F)F)ccc(Cl)c4F)=NO2)C3C(=O)Cc2ccc(C(=O)O)cc2)CC1. The fraction of sp³-hybridized carbons (Fsp3) is 0.371. The van der Waals surface area contributed by atoms with Gasteiger partial charge >= 0.3 is 12.1 Å². The molecule has 0 bridgehead atoms. The smallest absolute Gasteiger partial charge is 0.417 e. The average Bonchev–Trinajstić information content (AvgIpc) is 3.58. The molecule has 1 fully saturated rings. The lowest BCUT2D eigenvalue weighted by Gasteiger charge is -2.40. The zero-order valence-corrected chi connectivity index (χ0v) is 27.1. The van der Waals surface area contributed by atoms with Crippen LogP contribution in [0.3, 0.4) is 0 Å². The van der Waals surface area contributed by atoms with Crippen LogP contribution in [-0.4, -0.2) is 72.3 Å². The largest absolute Gasteiger partial charge is 0.478 e. The monoisotopic (exact) mass is 701 g/mol. The van der Waals surface area contributed by atoms with Gasteiger partial charge in [0.1, 0.15) is 6.04 Å². The highest BCUT2D eigenvalue weighted by atomic mass is 35.5. The fourth-order valence-electron chi connectivity index (χ4n) is 6.84. The first-order valence-corrected chi connectivity index (χ1v) is 16.1. The third-order valence-electron chi connectivity index (χ3n) is 9.31. The first kappa shape index (κ1) is 34.4. The summed E-state index contributed by atoms with van der Waals surface area (Å²) in [6.45, 7) is 1.57. The minimum Gasteiger partial charge on any atom is -0.478 e. The van der Waals surface area contributed by atoms with E-state index >= 15 is 4.39 Å². The van der Waals surface area contributed by atoms with E-state index in [-0.39, 0.29) is 30.4 Å². The number of Topliss-reactive ketones (excluding diaryl/α,β-unsaturated/α-hetero) is 1. The van der Waals surface area contributed by atoms with E-state index in [1.165, 1.54) is 29.2 Å². The lowest BCUT2D eigenvalue weighted by molar-refractivity contribution is -0.149. The van der Waals surface area contributed by atoms with Crippen LogP contribution in [0.15, 0.2) is 59.8 Å². The number of ether oxygens (including phenoxy) is 1. The molecule has 0 spiro atoms. The maximum Gasteiger partial charge on any atom is 0.417 e. The number of alkyl halides is 3. The van der Waals surface area contributed by atoms with E-state index in [0.717, 1.165) is 43.2 Å². The Hall–Kier alpha value is -4.49. The summed E-state index contributed by atoms with van der Waals surface area (Å²) in [5, 5.41) is 12.4. The van der Waals surface area contributed by atoms with Crippen LogP contribution in [-0.2, 0) is 38.2 Å². The number of benzene rings is 3. The number of piperidine rings is 1. The molecule has 0 aliphatic carbocycles. The second-order valence-corrected chi connectivity index (χ2v) is 12.6. The minimum absolute atomic E-state index is 0.0527. The van der Waals surface area contributed by atoms with Crippen molar-refractivity contribution in [2.24, 2.45) is 5.16 Å². The Kier molecular flexibility index (Phi) is 9.67. The summed E-state index contributed by atoms with van der Waals surface area (Å²) in [6.07, 6.45) is -4.77. The topological polar surface area (TPSA) is 109 Å². The van der Waals surface area contributed by atoms with Crippen LogP contribution in [0.4, 0.5) is 23.2 Å². The summed E-state index contributed by atoms with van der Waals surface area (Å²) in [5.74, 6) is -3.49. The zero-order valence-electron chi connectivity index (χ0n) is 26.3. The van der Waals surface area contributed by atoms with Crippen molar-refractivity contribution in [3.8, 4) is 0 Å². The number of halogens is 5. The standard InChI is InChI=1S/C35H32ClF4N3O6/c1-48-21-11-14-42(15-12-21)27-4-2-3-23-22(27)13-16-43(32(23)28(44)17-19-5-7-20(8-6-19)34(46)47)33(45)29-18-26(41-49-29)30-24(35(38,39)40)9-10-25(36)31(30)37/h2-10,21,29,32H,11-18H2,1H3,(H,46,47). The number of aromatic carboxylic acids is 1. The Bertz CT molecular complexity index is 1810. The molecule has 6 rings (SSSR count). The van der Waals surface area contributed by atoms with E-state index in [0.29, 0.717) is 23.6 Å². The normalized spacial score (nSPS) is 19.7. The summed E-state index contributed by atoms with van der Waals surface area (Å²) in [6, 6.07) is 11.8. The highest BCUT2D eigenvalue weighted by Crippen LogP contribution is 2.40. The Morgan fingerprint density at radius 2 is 1.76 bits per heavy atom. The molecule has 1 amide bonds. The van der Waals surface area contributed by atoms with Gasteiger partial charge in [-0.05, 0) is 66.3 Å². The summed E-state index contributed by atoms with van der Waals surface area (Å²) in [5.41, 5.74) is 0.426. The molecule has 3 aromatic carbocycles. The number of methoxy groups -OCH3 is 1. The molecule has 1 N–H and O–H groups in total. The number of carboxylic acids is 1. The number of hydrogen-bond donors (Lipinski definition) is 1. The molecule has 3 aliphatic heterocycles. The second-order valence-electron chi connectivity index (χ2n) is 12.2. The lowest BCUT2D eigenvalue weighted by Crippen LogP contribution is -2.48. The van der Waals surface area contributed by atoms with Crippen molar-refractivity contribution >= 4 is 40.7 Å². The first-order chi connectivity index (χ1) is 23.4. The number of ketones is 1. The number of hydrogen-bond acceptors (Lipinski definition) is 7. The first-order valence-electron chi connectivity index (χ1n) is 15.7. The van der Waals surface area contributed by atoms with Gasteiger partial charge in [-0.1, -0.05) is 41.0 Å². The van der Waals surface area contributed by atoms with E-state index in [4.69, 9.17) is 21.2 Å². The van der Waals surface area contributed by atoms with Crippen LogP contribution >= 0.6 is 11.6 Å². The van der Waals surface area contributed by atoms with E-state index in [1.54, 1.807) is 13.2 Å².